The summed E-state index contributed by atoms with van der Waals surface area (Å²) in [5, 5.41) is 6.26. The van der Waals surface area contributed by atoms with Gasteiger partial charge in [0, 0.05) is 38.4 Å². The van der Waals surface area contributed by atoms with Crippen molar-refractivity contribution in [3.8, 4) is 0 Å². The van der Waals surface area contributed by atoms with Gasteiger partial charge in [0.05, 0.1) is 19.4 Å². The predicted molar refractivity (Wildman–Crippen MR) is 68.1 cm³/mol. The van der Waals surface area contributed by atoms with Crippen LogP contribution in [0.5, 0.6) is 0 Å². The molecule has 3 heterocycles. The zero-order valence-corrected chi connectivity index (χ0v) is 11.5. The van der Waals surface area contributed by atoms with Gasteiger partial charge in [-0.1, -0.05) is 0 Å². The van der Waals surface area contributed by atoms with Crippen LogP contribution < -0.4 is 0 Å². The van der Waals surface area contributed by atoms with Crippen LogP contribution in [0.2, 0.25) is 0 Å². The van der Waals surface area contributed by atoms with Gasteiger partial charge >= 0.3 is 0 Å². The summed E-state index contributed by atoms with van der Waals surface area (Å²) in [4.78, 5) is 2.57. The molecule has 2 aliphatic rings. The second-order valence-electron chi connectivity index (χ2n) is 4.89. The van der Waals surface area contributed by atoms with Gasteiger partial charge in [0.25, 0.3) is 0 Å². The highest BCUT2D eigenvalue weighted by Gasteiger charge is 2.35. The van der Waals surface area contributed by atoms with Crippen LogP contribution >= 0.6 is 0 Å². The van der Waals surface area contributed by atoms with Gasteiger partial charge in [0.1, 0.15) is 4.90 Å². The van der Waals surface area contributed by atoms with Gasteiger partial charge in [0.2, 0.25) is 10.0 Å². The normalized spacial score (nSPS) is 26.8. The number of H-pyrrole nitrogens is 1. The highest BCUT2D eigenvalue weighted by molar-refractivity contribution is 7.89. The Balaban J connectivity index is 1.68. The van der Waals surface area contributed by atoms with Gasteiger partial charge in [-0.25, -0.2) is 8.42 Å². The van der Waals surface area contributed by atoms with Crippen molar-refractivity contribution in [2.75, 3.05) is 39.4 Å². The number of morpholine rings is 1. The van der Waals surface area contributed by atoms with E-state index in [-0.39, 0.29) is 4.90 Å². The monoisotopic (exact) mass is 286 g/mol. The highest BCUT2D eigenvalue weighted by atomic mass is 32.2. The third kappa shape index (κ3) is 2.53. The maximum Gasteiger partial charge on any atom is 0.246 e. The lowest BCUT2D eigenvalue weighted by molar-refractivity contribution is 0.0197. The largest absolute Gasteiger partial charge is 0.379 e. The molecule has 0 aromatic carbocycles. The van der Waals surface area contributed by atoms with Crippen molar-refractivity contribution >= 4 is 10.0 Å². The smallest absolute Gasteiger partial charge is 0.246 e. The van der Waals surface area contributed by atoms with Crippen LogP contribution in [-0.4, -0.2) is 73.3 Å². The van der Waals surface area contributed by atoms with E-state index in [1.807, 2.05) is 0 Å². The first kappa shape index (κ1) is 13.0. The number of sulfonamides is 1. The molecule has 0 amide bonds. The zero-order valence-electron chi connectivity index (χ0n) is 10.7. The number of hydrogen-bond acceptors (Lipinski definition) is 5. The summed E-state index contributed by atoms with van der Waals surface area (Å²) in [6.45, 7) is 4.41. The second-order valence-corrected chi connectivity index (χ2v) is 6.83. The molecule has 0 spiro atoms. The summed E-state index contributed by atoms with van der Waals surface area (Å²) in [7, 11) is -3.39. The molecule has 1 aromatic heterocycles. The summed E-state index contributed by atoms with van der Waals surface area (Å²) >= 11 is 0. The summed E-state index contributed by atoms with van der Waals surface area (Å²) in [6, 6.07) is 0.311. The molecule has 3 rings (SSSR count). The molecule has 2 aliphatic heterocycles. The van der Waals surface area contributed by atoms with Gasteiger partial charge < -0.3 is 4.74 Å². The van der Waals surface area contributed by atoms with Gasteiger partial charge in [-0.3, -0.25) is 10.00 Å². The van der Waals surface area contributed by atoms with Crippen molar-refractivity contribution in [1.29, 1.82) is 0 Å². The molecule has 0 saturated carbocycles. The number of hydrogen-bond donors (Lipinski definition) is 1. The van der Waals surface area contributed by atoms with Crippen molar-refractivity contribution in [2.45, 2.75) is 17.4 Å². The van der Waals surface area contributed by atoms with Crippen LogP contribution in [0.25, 0.3) is 0 Å². The molecule has 1 N–H and O–H groups in total. The number of aromatic amines is 1. The van der Waals surface area contributed by atoms with E-state index in [0.29, 0.717) is 19.1 Å². The van der Waals surface area contributed by atoms with Gasteiger partial charge in [-0.05, 0) is 6.42 Å². The van der Waals surface area contributed by atoms with E-state index in [9.17, 15) is 8.42 Å². The lowest BCUT2D eigenvalue weighted by atomic mass is 10.2. The van der Waals surface area contributed by atoms with Crippen LogP contribution in [0, 0.1) is 0 Å². The molecule has 8 heteroatoms. The molecule has 7 nitrogen and oxygen atoms in total. The van der Waals surface area contributed by atoms with Gasteiger partial charge in [-0.15, -0.1) is 0 Å². The Morgan fingerprint density at radius 3 is 2.79 bits per heavy atom. The third-order valence-electron chi connectivity index (χ3n) is 3.80. The average molecular weight is 286 g/mol. The van der Waals surface area contributed by atoms with E-state index in [0.717, 1.165) is 32.7 Å². The van der Waals surface area contributed by atoms with E-state index in [1.54, 1.807) is 4.31 Å². The van der Waals surface area contributed by atoms with Gasteiger partial charge in [-0.2, -0.15) is 9.40 Å². The Morgan fingerprint density at radius 2 is 2.11 bits per heavy atom. The first-order chi connectivity index (χ1) is 9.18. The molecule has 1 atom stereocenters. The van der Waals surface area contributed by atoms with Crippen molar-refractivity contribution in [2.24, 2.45) is 0 Å². The molecule has 0 aliphatic carbocycles. The Bertz CT molecular complexity index is 510. The van der Waals surface area contributed by atoms with Crippen LogP contribution in [0.4, 0.5) is 0 Å². The fraction of sp³-hybridized carbons (Fsp3) is 0.727. The Hall–Kier alpha value is -0.960. The average Bonchev–Trinajstić information content (AvgIpc) is 3.12. The fourth-order valence-electron chi connectivity index (χ4n) is 2.70. The first-order valence-corrected chi connectivity index (χ1v) is 7.92. The van der Waals surface area contributed by atoms with Crippen LogP contribution in [0.15, 0.2) is 17.3 Å². The summed E-state index contributed by atoms with van der Waals surface area (Å²) in [5.41, 5.74) is 0. The van der Waals surface area contributed by atoms with Crippen molar-refractivity contribution in [3.05, 3.63) is 12.4 Å². The van der Waals surface area contributed by atoms with Crippen LogP contribution in [-0.2, 0) is 14.8 Å². The van der Waals surface area contributed by atoms with E-state index in [2.05, 4.69) is 15.1 Å². The minimum atomic E-state index is -3.39. The molecule has 0 radical (unpaired) electrons. The molecule has 19 heavy (non-hydrogen) atoms. The van der Waals surface area contributed by atoms with Crippen molar-refractivity contribution < 1.29 is 13.2 Å². The van der Waals surface area contributed by atoms with Crippen molar-refractivity contribution in [1.82, 2.24) is 19.4 Å². The molecule has 1 aromatic rings. The fourth-order valence-corrected chi connectivity index (χ4v) is 4.10. The molecule has 2 fully saturated rings. The minimum absolute atomic E-state index is 0.245. The molecule has 1 unspecified atom stereocenters. The molecule has 0 bridgehead atoms. The predicted octanol–water partition coefficient (Wildman–Crippen LogP) is -0.495. The van der Waals surface area contributed by atoms with Crippen LogP contribution in [0.1, 0.15) is 6.42 Å². The highest BCUT2D eigenvalue weighted by Crippen LogP contribution is 2.23. The standard InChI is InChI=1S/C11H18N4O3S/c16-19(17,11-7-12-13-8-11)15-2-1-10(9-15)14-3-5-18-6-4-14/h7-8,10H,1-6,9H2,(H,12,13). The van der Waals surface area contributed by atoms with Crippen molar-refractivity contribution in [3.63, 3.8) is 0 Å². The molecule has 2 saturated heterocycles. The lowest BCUT2D eigenvalue weighted by Crippen LogP contribution is -2.45. The first-order valence-electron chi connectivity index (χ1n) is 6.48. The summed E-state index contributed by atoms with van der Waals surface area (Å²) in [6.07, 6.45) is 3.67. The summed E-state index contributed by atoms with van der Waals surface area (Å²) in [5.74, 6) is 0. The minimum Gasteiger partial charge on any atom is -0.379 e. The maximum atomic E-state index is 12.3. The topological polar surface area (TPSA) is 78.5 Å². The Morgan fingerprint density at radius 1 is 1.32 bits per heavy atom. The number of nitrogens with one attached hydrogen (secondary N) is 1. The Kier molecular flexibility index (Phi) is 3.57. The lowest BCUT2D eigenvalue weighted by Gasteiger charge is -2.31. The number of rotatable bonds is 3. The molecular weight excluding hydrogens is 268 g/mol. The number of nitrogens with zero attached hydrogens (tertiary/aromatic N) is 3. The van der Waals surface area contributed by atoms with E-state index in [4.69, 9.17) is 4.74 Å². The van der Waals surface area contributed by atoms with Crippen LogP contribution in [0.3, 0.4) is 0 Å². The van der Waals surface area contributed by atoms with E-state index >= 15 is 0 Å². The quantitative estimate of drug-likeness (QED) is 0.811. The summed E-state index contributed by atoms with van der Waals surface area (Å²) < 4.78 is 31.6. The second kappa shape index (κ2) is 5.20. The third-order valence-corrected chi connectivity index (χ3v) is 5.63. The van der Waals surface area contributed by atoms with Gasteiger partial charge in [0.15, 0.2) is 0 Å². The van der Waals surface area contributed by atoms with E-state index in [1.165, 1.54) is 12.4 Å². The Labute approximate surface area is 112 Å². The number of aromatic nitrogens is 2. The zero-order chi connectivity index (χ0) is 13.3. The SMILES string of the molecule is O=S(=O)(c1cn[nH]c1)N1CCC(N2CCOCC2)C1. The molecule has 106 valence electrons. The molecular formula is C11H18N4O3S. The van der Waals surface area contributed by atoms with E-state index < -0.39 is 10.0 Å². The maximum absolute atomic E-state index is 12.3. The number of ether oxygens (including phenoxy) is 1.